The van der Waals surface area contributed by atoms with Crippen LogP contribution in [0, 0.1) is 19.3 Å². The average molecular weight is 602 g/mol. The number of aryl methyl sites for hydroxylation is 1. The molecule has 0 aliphatic rings. The number of amides is 3. The normalized spacial score (nSPS) is 12.4. The molecule has 3 aromatic carbocycles. The number of carbonyl (C=O) groups excluding carboxylic acids is 3. The van der Waals surface area contributed by atoms with Gasteiger partial charge in [0.1, 0.15) is 17.7 Å². The van der Waals surface area contributed by atoms with Gasteiger partial charge < -0.3 is 20.3 Å². The molecule has 0 fully saturated rings. The molecule has 2 unspecified atom stereocenters. The molecule has 0 spiro atoms. The first-order chi connectivity index (χ1) is 20.4. The maximum absolute atomic E-state index is 14.5. The van der Waals surface area contributed by atoms with E-state index in [4.69, 9.17) is 22.8 Å². The highest BCUT2D eigenvalue weighted by molar-refractivity contribution is 6.34. The van der Waals surface area contributed by atoms with E-state index in [1.165, 1.54) is 4.90 Å². The molecule has 0 saturated carbocycles. The van der Waals surface area contributed by atoms with E-state index in [1.807, 2.05) is 50.2 Å². The second kappa shape index (κ2) is 15.3. The number of anilines is 1. The number of alkyl carbamates (subject to hydrolysis) is 1. The Hall–Kier alpha value is -4.28. The Bertz CT molecular complexity index is 1420. The molecule has 8 heteroatoms. The van der Waals surface area contributed by atoms with Gasteiger partial charge in [0.25, 0.3) is 5.91 Å². The second-order valence-corrected chi connectivity index (χ2v) is 11.8. The first-order valence-electron chi connectivity index (χ1n) is 14.4. The largest absolute Gasteiger partial charge is 0.444 e. The number of rotatable bonds is 11. The van der Waals surface area contributed by atoms with Crippen LogP contribution in [0.3, 0.4) is 0 Å². The summed E-state index contributed by atoms with van der Waals surface area (Å²) in [6.07, 6.45) is 6.48. The van der Waals surface area contributed by atoms with Crippen LogP contribution in [-0.2, 0) is 20.7 Å². The predicted molar refractivity (Wildman–Crippen MR) is 172 cm³/mol. The molecule has 0 heterocycles. The molecule has 0 radical (unpaired) electrons. The Labute approximate surface area is 260 Å². The lowest BCUT2D eigenvalue weighted by atomic mass is 9.99. The first-order valence-corrected chi connectivity index (χ1v) is 14.8. The summed E-state index contributed by atoms with van der Waals surface area (Å²) in [4.78, 5) is 43.1. The van der Waals surface area contributed by atoms with E-state index in [0.29, 0.717) is 28.3 Å². The van der Waals surface area contributed by atoms with Gasteiger partial charge in [0, 0.05) is 18.5 Å². The molecule has 226 valence electrons. The van der Waals surface area contributed by atoms with Crippen molar-refractivity contribution in [3.8, 4) is 12.3 Å². The Morgan fingerprint density at radius 3 is 2.26 bits per heavy atom. The Kier molecular flexibility index (Phi) is 11.8. The van der Waals surface area contributed by atoms with Crippen LogP contribution in [0.15, 0.2) is 72.8 Å². The third kappa shape index (κ3) is 9.62. The van der Waals surface area contributed by atoms with Crippen molar-refractivity contribution < 1.29 is 19.1 Å². The Morgan fingerprint density at radius 1 is 1.00 bits per heavy atom. The van der Waals surface area contributed by atoms with E-state index in [9.17, 15) is 14.4 Å². The topological polar surface area (TPSA) is 87.7 Å². The maximum atomic E-state index is 14.5. The highest BCUT2D eigenvalue weighted by atomic mass is 35.5. The van der Waals surface area contributed by atoms with Gasteiger partial charge in [-0.15, -0.1) is 6.42 Å². The highest BCUT2D eigenvalue weighted by Gasteiger charge is 2.36. The van der Waals surface area contributed by atoms with Crippen molar-refractivity contribution >= 4 is 35.2 Å². The van der Waals surface area contributed by atoms with Gasteiger partial charge in [0.15, 0.2) is 0 Å². The average Bonchev–Trinajstić information content (AvgIpc) is 2.96. The molecule has 43 heavy (non-hydrogen) atoms. The first kappa shape index (κ1) is 33.2. The van der Waals surface area contributed by atoms with E-state index < -0.39 is 35.6 Å². The fraction of sp³-hybridized carbons (Fsp3) is 0.343. The fourth-order valence-corrected chi connectivity index (χ4v) is 4.88. The number of nitrogens with one attached hydrogen (secondary N) is 2. The molecular formula is C35H40ClN3O4. The third-order valence-corrected chi connectivity index (χ3v) is 7.05. The minimum atomic E-state index is -1.04. The van der Waals surface area contributed by atoms with Crippen LogP contribution in [0.25, 0.3) is 0 Å². The van der Waals surface area contributed by atoms with E-state index in [-0.39, 0.29) is 13.0 Å². The predicted octanol–water partition coefficient (Wildman–Crippen LogP) is 7.07. The molecule has 2 atom stereocenters. The van der Waals surface area contributed by atoms with E-state index in [0.717, 1.165) is 17.5 Å². The van der Waals surface area contributed by atoms with Crippen LogP contribution in [-0.4, -0.2) is 41.0 Å². The molecule has 0 bridgehead atoms. The number of nitrogens with zero attached hydrogens (tertiary/aromatic N) is 1. The van der Waals surface area contributed by atoms with Crippen LogP contribution >= 0.6 is 11.6 Å². The van der Waals surface area contributed by atoms with Crippen molar-refractivity contribution in [2.75, 3.05) is 11.9 Å². The minimum absolute atomic E-state index is 0.204. The number of halogens is 1. The lowest BCUT2D eigenvalue weighted by Gasteiger charge is -2.35. The van der Waals surface area contributed by atoms with Crippen molar-refractivity contribution in [2.45, 2.75) is 71.6 Å². The summed E-state index contributed by atoms with van der Waals surface area (Å²) in [5.74, 6) is 1.73. The van der Waals surface area contributed by atoms with Gasteiger partial charge in [-0.25, -0.2) is 4.79 Å². The minimum Gasteiger partial charge on any atom is -0.444 e. The van der Waals surface area contributed by atoms with Crippen molar-refractivity contribution in [3.63, 3.8) is 0 Å². The number of para-hydroxylation sites is 1. The number of terminal acetylenes is 1. The standard InChI is InChI=1S/C35H40ClN3O4/c1-7-9-22-39(33(41)29(23-26-15-11-10-12-16-26)37-34(42)43-35(4,5)6)31(27-20-18-25(8-2)19-21-27)32(40)38-30-24(3)14-13-17-28(30)36/h2,10-21,29,31H,7,9,22-23H2,1,3-6H3,(H,37,42)(H,38,40). The summed E-state index contributed by atoms with van der Waals surface area (Å²) in [7, 11) is 0. The van der Waals surface area contributed by atoms with Crippen LogP contribution in [0.5, 0.6) is 0 Å². The molecule has 0 aliphatic heterocycles. The number of carbonyl (C=O) groups is 3. The summed E-state index contributed by atoms with van der Waals surface area (Å²) >= 11 is 6.46. The molecule has 3 rings (SSSR count). The van der Waals surface area contributed by atoms with Crippen molar-refractivity contribution in [1.82, 2.24) is 10.2 Å². The number of ether oxygens (including phenoxy) is 1. The lowest BCUT2D eigenvalue weighted by Crippen LogP contribution is -2.53. The van der Waals surface area contributed by atoms with Gasteiger partial charge in [0.05, 0.1) is 10.7 Å². The summed E-state index contributed by atoms with van der Waals surface area (Å²) in [5, 5.41) is 6.12. The van der Waals surface area contributed by atoms with Gasteiger partial charge in [-0.2, -0.15) is 0 Å². The quantitative estimate of drug-likeness (QED) is 0.230. The number of unbranched alkanes of at least 4 members (excludes halogenated alkanes) is 1. The van der Waals surface area contributed by atoms with Crippen LogP contribution in [0.2, 0.25) is 5.02 Å². The van der Waals surface area contributed by atoms with E-state index in [2.05, 4.69) is 16.6 Å². The van der Waals surface area contributed by atoms with Gasteiger partial charge in [-0.1, -0.05) is 85.5 Å². The smallest absolute Gasteiger partial charge is 0.408 e. The Balaban J connectivity index is 2.09. The monoisotopic (exact) mass is 601 g/mol. The molecule has 0 aliphatic carbocycles. The van der Waals surface area contributed by atoms with Crippen molar-refractivity contribution in [1.29, 1.82) is 0 Å². The zero-order valence-electron chi connectivity index (χ0n) is 25.4. The number of benzene rings is 3. The van der Waals surface area contributed by atoms with Gasteiger partial charge >= 0.3 is 6.09 Å². The van der Waals surface area contributed by atoms with E-state index in [1.54, 1.807) is 57.2 Å². The van der Waals surface area contributed by atoms with E-state index >= 15 is 0 Å². The zero-order valence-corrected chi connectivity index (χ0v) is 26.2. The molecule has 0 aromatic heterocycles. The maximum Gasteiger partial charge on any atom is 0.408 e. The summed E-state index contributed by atoms with van der Waals surface area (Å²) in [6.45, 7) is 9.39. The second-order valence-electron chi connectivity index (χ2n) is 11.4. The molecule has 3 aromatic rings. The van der Waals surface area contributed by atoms with Crippen LogP contribution < -0.4 is 10.6 Å². The molecule has 0 saturated heterocycles. The number of hydrogen-bond donors (Lipinski definition) is 2. The molecular weight excluding hydrogens is 562 g/mol. The molecule has 3 amide bonds. The SMILES string of the molecule is C#Cc1ccc(C(C(=O)Nc2c(C)cccc2Cl)N(CCCC)C(=O)C(Cc2ccccc2)NC(=O)OC(C)(C)C)cc1. The zero-order chi connectivity index (χ0) is 31.6. The molecule has 2 N–H and O–H groups in total. The summed E-state index contributed by atoms with van der Waals surface area (Å²) in [6, 6.07) is 19.7. The van der Waals surface area contributed by atoms with Crippen LogP contribution in [0.4, 0.5) is 10.5 Å². The summed E-state index contributed by atoms with van der Waals surface area (Å²) < 4.78 is 5.51. The Morgan fingerprint density at radius 2 is 1.67 bits per heavy atom. The van der Waals surface area contributed by atoms with Gasteiger partial charge in [-0.3, -0.25) is 9.59 Å². The fourth-order valence-electron chi connectivity index (χ4n) is 4.61. The van der Waals surface area contributed by atoms with Crippen LogP contribution in [0.1, 0.15) is 68.8 Å². The van der Waals surface area contributed by atoms with Crippen molar-refractivity contribution in [3.05, 3.63) is 100 Å². The lowest BCUT2D eigenvalue weighted by molar-refractivity contribution is -0.140. The van der Waals surface area contributed by atoms with Gasteiger partial charge in [0.2, 0.25) is 5.91 Å². The highest BCUT2D eigenvalue weighted by Crippen LogP contribution is 2.30. The number of hydrogen-bond acceptors (Lipinski definition) is 4. The molecule has 7 nitrogen and oxygen atoms in total. The third-order valence-electron chi connectivity index (χ3n) is 6.73. The summed E-state index contributed by atoms with van der Waals surface area (Å²) in [5.41, 5.74) is 2.54. The van der Waals surface area contributed by atoms with Crippen molar-refractivity contribution in [2.24, 2.45) is 0 Å². The van der Waals surface area contributed by atoms with Gasteiger partial charge in [-0.05, 0) is 69.0 Å².